The van der Waals surface area contributed by atoms with E-state index in [9.17, 15) is 18.7 Å². The standard InChI is InChI=1S/C16H18F2N2O4/c1-10(9-13(21)14-3-2-8-23-14)19-16(22)20-11-4-6-12(7-5-11)24-15(17)18/h2-8,10,13,15,21H,9H2,1H3,(H2,19,20,22). The van der Waals surface area contributed by atoms with Gasteiger partial charge in [-0.25, -0.2) is 4.79 Å². The number of hydrogen-bond acceptors (Lipinski definition) is 4. The normalized spacial score (nSPS) is 13.4. The summed E-state index contributed by atoms with van der Waals surface area (Å²) in [6.07, 6.45) is 0.924. The molecule has 0 saturated carbocycles. The molecule has 3 N–H and O–H groups in total. The number of benzene rings is 1. The van der Waals surface area contributed by atoms with Gasteiger partial charge in [0.05, 0.1) is 6.26 Å². The van der Waals surface area contributed by atoms with E-state index in [1.807, 2.05) is 0 Å². The van der Waals surface area contributed by atoms with Crippen LogP contribution in [0.1, 0.15) is 25.2 Å². The van der Waals surface area contributed by atoms with E-state index in [-0.39, 0.29) is 18.2 Å². The molecule has 2 unspecified atom stereocenters. The summed E-state index contributed by atoms with van der Waals surface area (Å²) >= 11 is 0. The lowest BCUT2D eigenvalue weighted by Gasteiger charge is -2.17. The fraction of sp³-hybridized carbons (Fsp3) is 0.312. The first-order valence-electron chi connectivity index (χ1n) is 7.28. The van der Waals surface area contributed by atoms with Gasteiger partial charge in [-0.3, -0.25) is 0 Å². The van der Waals surface area contributed by atoms with Crippen molar-refractivity contribution in [3.8, 4) is 5.75 Å². The van der Waals surface area contributed by atoms with Crippen molar-refractivity contribution in [1.29, 1.82) is 0 Å². The Morgan fingerprint density at radius 3 is 2.58 bits per heavy atom. The predicted octanol–water partition coefficient (Wildman–Crippen LogP) is 3.51. The lowest BCUT2D eigenvalue weighted by molar-refractivity contribution is -0.0498. The summed E-state index contributed by atoms with van der Waals surface area (Å²) in [6.45, 7) is -1.15. The zero-order valence-corrected chi connectivity index (χ0v) is 12.9. The van der Waals surface area contributed by atoms with E-state index in [0.717, 1.165) is 0 Å². The maximum Gasteiger partial charge on any atom is 0.387 e. The van der Waals surface area contributed by atoms with Crippen LogP contribution in [0.2, 0.25) is 0 Å². The molecule has 130 valence electrons. The Hall–Kier alpha value is -2.61. The number of halogens is 2. The number of alkyl halides is 2. The highest BCUT2D eigenvalue weighted by atomic mass is 19.3. The minimum absolute atomic E-state index is 0.00546. The summed E-state index contributed by atoms with van der Waals surface area (Å²) in [6, 6.07) is 8.07. The largest absolute Gasteiger partial charge is 0.467 e. The molecule has 0 bridgehead atoms. The first-order chi connectivity index (χ1) is 11.4. The van der Waals surface area contributed by atoms with Crippen molar-refractivity contribution < 1.29 is 27.8 Å². The summed E-state index contributed by atoms with van der Waals surface area (Å²) in [7, 11) is 0. The van der Waals surface area contributed by atoms with Crippen molar-refractivity contribution in [2.75, 3.05) is 5.32 Å². The van der Waals surface area contributed by atoms with Gasteiger partial charge in [-0.2, -0.15) is 8.78 Å². The number of nitrogens with one attached hydrogen (secondary N) is 2. The van der Waals surface area contributed by atoms with Gasteiger partial charge in [0.25, 0.3) is 0 Å². The number of ether oxygens (including phenoxy) is 1. The summed E-state index contributed by atoms with van der Waals surface area (Å²) < 4.78 is 33.4. The van der Waals surface area contributed by atoms with Gasteiger partial charge in [-0.1, -0.05) is 0 Å². The Balaban J connectivity index is 1.79. The average Bonchev–Trinajstić information content (AvgIpc) is 3.02. The second-order valence-corrected chi connectivity index (χ2v) is 5.17. The molecule has 8 heteroatoms. The fourth-order valence-corrected chi connectivity index (χ4v) is 2.10. The SMILES string of the molecule is CC(CC(O)c1ccco1)NC(=O)Nc1ccc(OC(F)F)cc1. The molecule has 1 aromatic carbocycles. The highest BCUT2D eigenvalue weighted by Crippen LogP contribution is 2.19. The van der Waals surface area contributed by atoms with Crippen LogP contribution >= 0.6 is 0 Å². The summed E-state index contributed by atoms with van der Waals surface area (Å²) in [5.74, 6) is 0.435. The van der Waals surface area contributed by atoms with Crippen molar-refractivity contribution in [3.05, 3.63) is 48.4 Å². The molecule has 0 aliphatic carbocycles. The molecular weight excluding hydrogens is 322 g/mol. The van der Waals surface area contributed by atoms with Crippen molar-refractivity contribution in [3.63, 3.8) is 0 Å². The quantitative estimate of drug-likeness (QED) is 0.720. The molecule has 0 spiro atoms. The lowest BCUT2D eigenvalue weighted by Crippen LogP contribution is -2.37. The smallest absolute Gasteiger partial charge is 0.387 e. The van der Waals surface area contributed by atoms with Gasteiger partial charge >= 0.3 is 12.6 Å². The van der Waals surface area contributed by atoms with Crippen LogP contribution in [0.5, 0.6) is 5.75 Å². The molecule has 1 heterocycles. The molecule has 0 radical (unpaired) electrons. The molecule has 2 rings (SSSR count). The van der Waals surface area contributed by atoms with E-state index in [2.05, 4.69) is 15.4 Å². The van der Waals surface area contributed by atoms with E-state index in [1.165, 1.54) is 30.5 Å². The minimum atomic E-state index is -2.89. The number of furan rings is 1. The highest BCUT2D eigenvalue weighted by Gasteiger charge is 2.16. The average molecular weight is 340 g/mol. The van der Waals surface area contributed by atoms with Crippen LogP contribution in [0, 0.1) is 0 Å². The van der Waals surface area contributed by atoms with Crippen LogP contribution in [-0.4, -0.2) is 23.8 Å². The molecule has 1 aromatic heterocycles. The van der Waals surface area contributed by atoms with Crippen molar-refractivity contribution >= 4 is 11.7 Å². The Bertz CT molecular complexity index is 632. The maximum atomic E-state index is 12.1. The molecule has 0 saturated heterocycles. The third-order valence-corrected chi connectivity index (χ3v) is 3.16. The number of carbonyl (C=O) groups is 1. The number of anilines is 1. The number of aliphatic hydroxyl groups is 1. The molecule has 0 fully saturated rings. The lowest BCUT2D eigenvalue weighted by atomic mass is 10.1. The zero-order valence-electron chi connectivity index (χ0n) is 12.9. The molecule has 2 aromatic rings. The Labute approximate surface area is 137 Å². The highest BCUT2D eigenvalue weighted by molar-refractivity contribution is 5.89. The Morgan fingerprint density at radius 1 is 1.29 bits per heavy atom. The fourth-order valence-electron chi connectivity index (χ4n) is 2.10. The topological polar surface area (TPSA) is 83.7 Å². The molecule has 24 heavy (non-hydrogen) atoms. The zero-order chi connectivity index (χ0) is 17.5. The third-order valence-electron chi connectivity index (χ3n) is 3.16. The van der Waals surface area contributed by atoms with Gasteiger partial charge in [0.15, 0.2) is 0 Å². The van der Waals surface area contributed by atoms with Crippen LogP contribution in [0.15, 0.2) is 47.1 Å². The van der Waals surface area contributed by atoms with Gasteiger partial charge in [0, 0.05) is 18.2 Å². The molecule has 6 nitrogen and oxygen atoms in total. The monoisotopic (exact) mass is 340 g/mol. The molecule has 0 aliphatic rings. The number of hydrogen-bond donors (Lipinski definition) is 3. The minimum Gasteiger partial charge on any atom is -0.467 e. The van der Waals surface area contributed by atoms with Gasteiger partial charge < -0.3 is 24.9 Å². The molecule has 2 atom stereocenters. The van der Waals surface area contributed by atoms with Gasteiger partial charge in [0.1, 0.15) is 17.6 Å². The number of aliphatic hydroxyl groups excluding tert-OH is 1. The first-order valence-corrected chi connectivity index (χ1v) is 7.28. The first kappa shape index (κ1) is 17.7. The second-order valence-electron chi connectivity index (χ2n) is 5.17. The summed E-state index contributed by atoms with van der Waals surface area (Å²) in [5.41, 5.74) is 0.424. The molecule has 0 aliphatic heterocycles. The Kier molecular flexibility index (Phi) is 6.14. The number of amides is 2. The van der Waals surface area contributed by atoms with Gasteiger partial charge in [-0.05, 0) is 43.3 Å². The maximum absolute atomic E-state index is 12.1. The van der Waals surface area contributed by atoms with Crippen molar-refractivity contribution in [2.45, 2.75) is 32.1 Å². The van der Waals surface area contributed by atoms with E-state index in [0.29, 0.717) is 11.4 Å². The number of carbonyl (C=O) groups excluding carboxylic acids is 1. The van der Waals surface area contributed by atoms with Crippen LogP contribution in [-0.2, 0) is 0 Å². The number of rotatable bonds is 7. The summed E-state index contributed by atoms with van der Waals surface area (Å²) in [5, 5.41) is 15.2. The predicted molar refractivity (Wildman–Crippen MR) is 83.0 cm³/mol. The molecule has 2 amide bonds. The van der Waals surface area contributed by atoms with Crippen LogP contribution in [0.3, 0.4) is 0 Å². The van der Waals surface area contributed by atoms with Crippen molar-refractivity contribution in [2.24, 2.45) is 0 Å². The van der Waals surface area contributed by atoms with E-state index in [4.69, 9.17) is 4.42 Å². The van der Waals surface area contributed by atoms with Gasteiger partial charge in [0.2, 0.25) is 0 Å². The molecular formula is C16H18F2N2O4. The van der Waals surface area contributed by atoms with E-state index in [1.54, 1.807) is 19.1 Å². The Morgan fingerprint density at radius 2 is 2.00 bits per heavy atom. The van der Waals surface area contributed by atoms with Crippen LogP contribution < -0.4 is 15.4 Å². The van der Waals surface area contributed by atoms with Crippen molar-refractivity contribution in [1.82, 2.24) is 5.32 Å². The summed E-state index contributed by atoms with van der Waals surface area (Å²) in [4.78, 5) is 11.9. The number of urea groups is 1. The third kappa shape index (κ3) is 5.54. The van der Waals surface area contributed by atoms with E-state index >= 15 is 0 Å². The van der Waals surface area contributed by atoms with Crippen LogP contribution in [0.4, 0.5) is 19.3 Å². The van der Waals surface area contributed by atoms with Crippen LogP contribution in [0.25, 0.3) is 0 Å². The van der Waals surface area contributed by atoms with E-state index < -0.39 is 18.7 Å². The second kappa shape index (κ2) is 8.30. The van der Waals surface area contributed by atoms with Gasteiger partial charge in [-0.15, -0.1) is 0 Å².